The number of rotatable bonds is 5. The van der Waals surface area contributed by atoms with Crippen LogP contribution in [0.3, 0.4) is 0 Å². The van der Waals surface area contributed by atoms with Gasteiger partial charge in [0.25, 0.3) is 5.91 Å². The normalized spacial score (nSPS) is 19.0. The quantitative estimate of drug-likeness (QED) is 0.843. The second kappa shape index (κ2) is 8.88. The molecule has 2 amide bonds. The van der Waals surface area contributed by atoms with Gasteiger partial charge < -0.3 is 15.0 Å². The van der Waals surface area contributed by atoms with Gasteiger partial charge >= 0.3 is 0 Å². The van der Waals surface area contributed by atoms with Gasteiger partial charge in [-0.05, 0) is 37.5 Å². The fourth-order valence-electron chi connectivity index (χ4n) is 2.84. The maximum Gasteiger partial charge on any atom is 0.253 e. The topological polar surface area (TPSA) is 58.6 Å². The zero-order chi connectivity index (χ0) is 18.6. The van der Waals surface area contributed by atoms with Crippen molar-refractivity contribution in [1.29, 1.82) is 0 Å². The van der Waals surface area contributed by atoms with Crippen molar-refractivity contribution < 1.29 is 14.3 Å². The standard InChI is InChI=1S/C18H24Cl2N2O3/c1-11(2)8-16(18(24)22-6-7-25-12(3)10-22)21-17(23)14-5-4-13(19)9-15(14)20/h4-5,9,11-12,16H,6-8,10H2,1-3H3,(H,21,23)/t12-,16+/m0/s1. The molecule has 1 saturated heterocycles. The summed E-state index contributed by atoms with van der Waals surface area (Å²) in [5, 5.41) is 3.56. The van der Waals surface area contributed by atoms with Gasteiger partial charge in [0.2, 0.25) is 5.91 Å². The van der Waals surface area contributed by atoms with E-state index < -0.39 is 6.04 Å². The lowest BCUT2D eigenvalue weighted by Crippen LogP contribution is -2.53. The molecule has 1 aromatic rings. The molecule has 5 nitrogen and oxygen atoms in total. The summed E-state index contributed by atoms with van der Waals surface area (Å²) in [6, 6.07) is 4.09. The van der Waals surface area contributed by atoms with Crippen LogP contribution in [0.2, 0.25) is 10.0 Å². The van der Waals surface area contributed by atoms with E-state index in [0.29, 0.717) is 36.7 Å². The van der Waals surface area contributed by atoms with Gasteiger partial charge in [-0.1, -0.05) is 37.0 Å². The fourth-order valence-corrected chi connectivity index (χ4v) is 3.34. The highest BCUT2D eigenvalue weighted by molar-refractivity contribution is 6.36. The van der Waals surface area contributed by atoms with Crippen molar-refractivity contribution in [3.8, 4) is 0 Å². The number of morpholine rings is 1. The second-order valence-corrected chi connectivity index (χ2v) is 7.59. The van der Waals surface area contributed by atoms with Crippen molar-refractivity contribution >= 4 is 35.0 Å². The summed E-state index contributed by atoms with van der Waals surface area (Å²) in [6.45, 7) is 7.55. The third kappa shape index (κ3) is 5.59. The van der Waals surface area contributed by atoms with Crippen LogP contribution in [0.25, 0.3) is 0 Å². The highest BCUT2D eigenvalue weighted by Crippen LogP contribution is 2.21. The van der Waals surface area contributed by atoms with Gasteiger partial charge in [-0.15, -0.1) is 0 Å². The first-order valence-electron chi connectivity index (χ1n) is 8.44. The van der Waals surface area contributed by atoms with Crippen LogP contribution in [-0.2, 0) is 9.53 Å². The molecule has 1 aromatic carbocycles. The van der Waals surface area contributed by atoms with Gasteiger partial charge in [-0.2, -0.15) is 0 Å². The molecule has 1 N–H and O–H groups in total. The Hall–Kier alpha value is -1.30. The molecule has 0 spiro atoms. The zero-order valence-electron chi connectivity index (χ0n) is 14.7. The lowest BCUT2D eigenvalue weighted by molar-refractivity contribution is -0.140. The first kappa shape index (κ1) is 20.0. The first-order valence-corrected chi connectivity index (χ1v) is 9.19. The molecule has 2 atom stereocenters. The van der Waals surface area contributed by atoms with Crippen molar-refractivity contribution in [2.75, 3.05) is 19.7 Å². The van der Waals surface area contributed by atoms with Crippen LogP contribution in [0.1, 0.15) is 37.6 Å². The molecule has 0 saturated carbocycles. The Kier molecular flexibility index (Phi) is 7.11. The van der Waals surface area contributed by atoms with Crippen LogP contribution in [0.5, 0.6) is 0 Å². The van der Waals surface area contributed by atoms with E-state index in [2.05, 4.69) is 5.32 Å². The number of hydrogen-bond donors (Lipinski definition) is 1. The summed E-state index contributed by atoms with van der Waals surface area (Å²) in [5.74, 6) is -0.197. The number of carbonyl (C=O) groups is 2. The summed E-state index contributed by atoms with van der Waals surface area (Å²) in [6.07, 6.45) is 0.556. The number of carbonyl (C=O) groups excluding carboxylic acids is 2. The Balaban J connectivity index is 2.13. The van der Waals surface area contributed by atoms with Crippen molar-refractivity contribution in [1.82, 2.24) is 10.2 Å². The van der Waals surface area contributed by atoms with E-state index in [1.165, 1.54) is 6.07 Å². The average Bonchev–Trinajstić information content (AvgIpc) is 2.53. The van der Waals surface area contributed by atoms with Crippen LogP contribution in [0.4, 0.5) is 0 Å². The Bertz CT molecular complexity index is 637. The largest absolute Gasteiger partial charge is 0.375 e. The first-order chi connectivity index (χ1) is 11.8. The number of nitrogens with one attached hydrogen (secondary N) is 1. The fraction of sp³-hybridized carbons (Fsp3) is 0.556. The van der Waals surface area contributed by atoms with Crippen LogP contribution in [0.15, 0.2) is 18.2 Å². The number of benzene rings is 1. The van der Waals surface area contributed by atoms with E-state index in [9.17, 15) is 9.59 Å². The van der Waals surface area contributed by atoms with Crippen molar-refractivity contribution in [2.24, 2.45) is 5.92 Å². The van der Waals surface area contributed by atoms with Crippen LogP contribution in [0, 0.1) is 5.92 Å². The smallest absolute Gasteiger partial charge is 0.253 e. The van der Waals surface area contributed by atoms with Crippen LogP contribution in [-0.4, -0.2) is 48.6 Å². The molecule has 0 aromatic heterocycles. The minimum atomic E-state index is -0.593. The van der Waals surface area contributed by atoms with Gasteiger partial charge in [0, 0.05) is 18.1 Å². The van der Waals surface area contributed by atoms with E-state index in [4.69, 9.17) is 27.9 Å². The number of amides is 2. The third-order valence-corrected chi connectivity index (χ3v) is 4.59. The van der Waals surface area contributed by atoms with Gasteiger partial charge in [0.15, 0.2) is 0 Å². The van der Waals surface area contributed by atoms with Crippen LogP contribution < -0.4 is 5.32 Å². The van der Waals surface area contributed by atoms with Gasteiger partial charge in [-0.3, -0.25) is 9.59 Å². The highest BCUT2D eigenvalue weighted by Gasteiger charge is 2.30. The zero-order valence-corrected chi connectivity index (χ0v) is 16.2. The molecule has 7 heteroatoms. The molecule has 0 bridgehead atoms. The molecule has 1 heterocycles. The predicted octanol–water partition coefficient (Wildman–Crippen LogP) is 3.39. The summed E-state index contributed by atoms with van der Waals surface area (Å²) in [4.78, 5) is 27.2. The Morgan fingerprint density at radius 3 is 2.68 bits per heavy atom. The predicted molar refractivity (Wildman–Crippen MR) is 99.2 cm³/mol. The minimum absolute atomic E-state index is 0.00110. The van der Waals surface area contributed by atoms with Crippen molar-refractivity contribution in [3.63, 3.8) is 0 Å². The van der Waals surface area contributed by atoms with E-state index >= 15 is 0 Å². The van der Waals surface area contributed by atoms with Gasteiger partial charge in [-0.25, -0.2) is 0 Å². The van der Waals surface area contributed by atoms with Gasteiger partial charge in [0.1, 0.15) is 6.04 Å². The van der Waals surface area contributed by atoms with E-state index in [1.807, 2.05) is 20.8 Å². The lowest BCUT2D eigenvalue weighted by Gasteiger charge is -2.34. The SMILES string of the molecule is CC(C)C[C@@H](NC(=O)c1ccc(Cl)cc1Cl)C(=O)N1CCO[C@@H](C)C1. The summed E-state index contributed by atoms with van der Waals surface area (Å²) in [5.41, 5.74) is 0.308. The van der Waals surface area contributed by atoms with Gasteiger partial charge in [0.05, 0.1) is 23.3 Å². The molecule has 0 aliphatic carbocycles. The molecule has 138 valence electrons. The van der Waals surface area contributed by atoms with E-state index in [0.717, 1.165) is 0 Å². The molecule has 1 aliphatic rings. The third-order valence-electron chi connectivity index (χ3n) is 4.04. The van der Waals surface area contributed by atoms with Crippen LogP contribution >= 0.6 is 23.2 Å². The van der Waals surface area contributed by atoms with E-state index in [1.54, 1.807) is 17.0 Å². The number of halogens is 2. The molecular weight excluding hydrogens is 363 g/mol. The summed E-state index contributed by atoms with van der Waals surface area (Å²) in [7, 11) is 0. The average molecular weight is 387 g/mol. The Morgan fingerprint density at radius 1 is 1.36 bits per heavy atom. The molecular formula is C18H24Cl2N2O3. The summed E-state index contributed by atoms with van der Waals surface area (Å²) >= 11 is 12.0. The maximum absolute atomic E-state index is 12.9. The number of nitrogens with zero attached hydrogens (tertiary/aromatic N) is 1. The molecule has 2 rings (SSSR count). The minimum Gasteiger partial charge on any atom is -0.375 e. The molecule has 25 heavy (non-hydrogen) atoms. The van der Waals surface area contributed by atoms with E-state index in [-0.39, 0.29) is 28.9 Å². The maximum atomic E-state index is 12.9. The molecule has 0 radical (unpaired) electrons. The van der Waals surface area contributed by atoms with Crippen molar-refractivity contribution in [2.45, 2.75) is 39.3 Å². The highest BCUT2D eigenvalue weighted by atomic mass is 35.5. The lowest BCUT2D eigenvalue weighted by atomic mass is 10.0. The Labute approximate surface area is 158 Å². The molecule has 1 fully saturated rings. The Morgan fingerprint density at radius 2 is 2.08 bits per heavy atom. The molecule has 0 unspecified atom stereocenters. The number of hydrogen-bond acceptors (Lipinski definition) is 3. The molecule has 1 aliphatic heterocycles. The summed E-state index contributed by atoms with van der Waals surface area (Å²) < 4.78 is 5.49. The number of ether oxygens (including phenoxy) is 1. The van der Waals surface area contributed by atoms with Crippen molar-refractivity contribution in [3.05, 3.63) is 33.8 Å². The monoisotopic (exact) mass is 386 g/mol. The second-order valence-electron chi connectivity index (χ2n) is 6.75.